The minimum atomic E-state index is -0.139. The number of ether oxygens (including phenoxy) is 1. The van der Waals surface area contributed by atoms with Gasteiger partial charge in [-0.2, -0.15) is 5.10 Å². The molecule has 1 aliphatic rings. The molecule has 1 fully saturated rings. The van der Waals surface area contributed by atoms with Crippen LogP contribution in [-0.4, -0.2) is 46.0 Å². The summed E-state index contributed by atoms with van der Waals surface area (Å²) in [6.07, 6.45) is 4.48. The maximum absolute atomic E-state index is 5.98. The van der Waals surface area contributed by atoms with Gasteiger partial charge in [-0.1, -0.05) is 13.8 Å². The van der Waals surface area contributed by atoms with E-state index in [1.807, 2.05) is 0 Å². The number of nitrogens with two attached hydrogens (primary N) is 1. The molecular formula is C16H30N4O. The van der Waals surface area contributed by atoms with Crippen LogP contribution >= 0.6 is 0 Å². The second kappa shape index (κ2) is 6.90. The van der Waals surface area contributed by atoms with Gasteiger partial charge >= 0.3 is 0 Å². The highest BCUT2D eigenvalue weighted by Crippen LogP contribution is 2.22. The summed E-state index contributed by atoms with van der Waals surface area (Å²) in [4.78, 5) is 2.40. The molecule has 2 N–H and O–H groups in total. The Bertz CT molecular complexity index is 439. The van der Waals surface area contributed by atoms with Gasteiger partial charge < -0.3 is 10.5 Å². The van der Waals surface area contributed by atoms with Crippen LogP contribution in [0.5, 0.6) is 0 Å². The summed E-state index contributed by atoms with van der Waals surface area (Å²) in [5.41, 5.74) is 6.78. The Hall–Kier alpha value is -0.910. The number of morpholine rings is 1. The van der Waals surface area contributed by atoms with Crippen LogP contribution in [0.1, 0.15) is 52.3 Å². The molecular weight excluding hydrogens is 264 g/mol. The van der Waals surface area contributed by atoms with E-state index in [1.54, 1.807) is 0 Å². The Morgan fingerprint density at radius 2 is 2.14 bits per heavy atom. The molecule has 5 heteroatoms. The number of hydrogen-bond acceptors (Lipinski definition) is 4. The van der Waals surface area contributed by atoms with Crippen molar-refractivity contribution in [1.29, 1.82) is 0 Å². The highest BCUT2D eigenvalue weighted by atomic mass is 16.5. The van der Waals surface area contributed by atoms with Crippen LogP contribution in [0.25, 0.3) is 0 Å². The summed E-state index contributed by atoms with van der Waals surface area (Å²) in [6, 6.07) is 2.65. The highest BCUT2D eigenvalue weighted by Gasteiger charge is 2.32. The Morgan fingerprint density at radius 1 is 1.43 bits per heavy atom. The number of aromatic nitrogens is 2. The van der Waals surface area contributed by atoms with Gasteiger partial charge in [0.1, 0.15) is 0 Å². The summed E-state index contributed by atoms with van der Waals surface area (Å²) in [7, 11) is 0. The van der Waals surface area contributed by atoms with Gasteiger partial charge in [0, 0.05) is 32.4 Å². The van der Waals surface area contributed by atoms with Crippen molar-refractivity contribution < 1.29 is 4.74 Å². The summed E-state index contributed by atoms with van der Waals surface area (Å²) in [6.45, 7) is 11.9. The second-order valence-electron chi connectivity index (χ2n) is 6.66. The van der Waals surface area contributed by atoms with Gasteiger partial charge in [0.2, 0.25) is 0 Å². The quantitative estimate of drug-likeness (QED) is 0.874. The Labute approximate surface area is 128 Å². The normalized spacial score (nSPS) is 22.9. The molecule has 1 atom stereocenters. The smallest absolute Gasteiger partial charge is 0.0831 e. The van der Waals surface area contributed by atoms with E-state index < -0.39 is 0 Å². The minimum Gasteiger partial charge on any atom is -0.368 e. The van der Waals surface area contributed by atoms with Gasteiger partial charge in [0.25, 0.3) is 0 Å². The van der Waals surface area contributed by atoms with Crippen molar-refractivity contribution >= 4 is 0 Å². The molecule has 0 bridgehead atoms. The van der Waals surface area contributed by atoms with Crippen LogP contribution in [0, 0.1) is 0 Å². The van der Waals surface area contributed by atoms with E-state index in [0.29, 0.717) is 12.6 Å². The molecule has 0 amide bonds. The maximum atomic E-state index is 5.98. The van der Waals surface area contributed by atoms with Crippen molar-refractivity contribution in [1.82, 2.24) is 14.7 Å². The SMILES string of the molecule is CCC(CC)n1ccc(CN2CC(CN)OC(C)(C)C2)n1. The average molecular weight is 294 g/mol. The highest BCUT2D eigenvalue weighted by molar-refractivity contribution is 5.01. The molecule has 0 aliphatic carbocycles. The van der Waals surface area contributed by atoms with E-state index in [1.165, 1.54) is 0 Å². The van der Waals surface area contributed by atoms with Crippen molar-refractivity contribution in [3.05, 3.63) is 18.0 Å². The monoisotopic (exact) mass is 294 g/mol. The fraction of sp³-hybridized carbons (Fsp3) is 0.812. The first-order valence-electron chi connectivity index (χ1n) is 8.11. The number of rotatable bonds is 6. The van der Waals surface area contributed by atoms with Crippen LogP contribution in [0.3, 0.4) is 0 Å². The molecule has 1 aliphatic heterocycles. The van der Waals surface area contributed by atoms with Crippen LogP contribution in [-0.2, 0) is 11.3 Å². The first kappa shape index (κ1) is 16.5. The van der Waals surface area contributed by atoms with E-state index in [4.69, 9.17) is 15.6 Å². The third-order valence-corrected chi connectivity index (χ3v) is 4.18. The van der Waals surface area contributed by atoms with E-state index in [9.17, 15) is 0 Å². The van der Waals surface area contributed by atoms with Crippen LogP contribution in [0.4, 0.5) is 0 Å². The fourth-order valence-electron chi connectivity index (χ4n) is 3.22. The largest absolute Gasteiger partial charge is 0.368 e. The molecule has 0 aromatic carbocycles. The average Bonchev–Trinajstić information content (AvgIpc) is 2.86. The first-order chi connectivity index (χ1) is 9.97. The molecule has 0 saturated carbocycles. The fourth-order valence-corrected chi connectivity index (χ4v) is 3.22. The molecule has 5 nitrogen and oxygen atoms in total. The van der Waals surface area contributed by atoms with Crippen molar-refractivity contribution in [3.63, 3.8) is 0 Å². The van der Waals surface area contributed by atoms with Crippen molar-refractivity contribution in [3.8, 4) is 0 Å². The lowest BCUT2D eigenvalue weighted by molar-refractivity contribution is -0.134. The Morgan fingerprint density at radius 3 is 2.76 bits per heavy atom. The zero-order valence-electron chi connectivity index (χ0n) is 13.9. The predicted octanol–water partition coefficient (Wildman–Crippen LogP) is 2.18. The zero-order chi connectivity index (χ0) is 15.5. The second-order valence-corrected chi connectivity index (χ2v) is 6.66. The third-order valence-electron chi connectivity index (χ3n) is 4.18. The van der Waals surface area contributed by atoms with Gasteiger partial charge in [-0.15, -0.1) is 0 Å². The molecule has 1 aromatic heterocycles. The number of nitrogens with zero attached hydrogens (tertiary/aromatic N) is 3. The van der Waals surface area contributed by atoms with Gasteiger partial charge in [-0.3, -0.25) is 9.58 Å². The van der Waals surface area contributed by atoms with Crippen molar-refractivity contribution in [2.24, 2.45) is 5.73 Å². The van der Waals surface area contributed by atoms with Gasteiger partial charge in [-0.05, 0) is 32.8 Å². The van der Waals surface area contributed by atoms with Gasteiger partial charge in [0.05, 0.1) is 23.4 Å². The van der Waals surface area contributed by atoms with Crippen LogP contribution in [0.2, 0.25) is 0 Å². The molecule has 1 aromatic rings. The molecule has 1 saturated heterocycles. The van der Waals surface area contributed by atoms with Crippen LogP contribution < -0.4 is 5.73 Å². The maximum Gasteiger partial charge on any atom is 0.0831 e. The van der Waals surface area contributed by atoms with Gasteiger partial charge in [0.15, 0.2) is 0 Å². The lowest BCUT2D eigenvalue weighted by Crippen LogP contribution is -2.54. The lowest BCUT2D eigenvalue weighted by Gasteiger charge is -2.42. The molecule has 0 spiro atoms. The van der Waals surface area contributed by atoms with E-state index >= 15 is 0 Å². The van der Waals surface area contributed by atoms with E-state index in [-0.39, 0.29) is 11.7 Å². The predicted molar refractivity (Wildman–Crippen MR) is 85.1 cm³/mol. The summed E-state index contributed by atoms with van der Waals surface area (Å²) in [5.74, 6) is 0. The standard InChI is InChI=1S/C16H30N4O/c1-5-14(6-2)20-8-7-13(18-20)10-19-11-15(9-17)21-16(3,4)12-19/h7-8,14-15H,5-6,9-12,17H2,1-4H3. The third kappa shape index (κ3) is 4.28. The van der Waals surface area contributed by atoms with E-state index in [2.05, 4.69) is 49.5 Å². The molecule has 1 unspecified atom stereocenters. The molecule has 0 radical (unpaired) electrons. The molecule has 2 rings (SSSR count). The van der Waals surface area contributed by atoms with Crippen molar-refractivity contribution in [2.75, 3.05) is 19.6 Å². The minimum absolute atomic E-state index is 0.120. The summed E-state index contributed by atoms with van der Waals surface area (Å²) in [5, 5.41) is 4.75. The van der Waals surface area contributed by atoms with Crippen LogP contribution in [0.15, 0.2) is 12.3 Å². The van der Waals surface area contributed by atoms with E-state index in [0.717, 1.165) is 38.2 Å². The Balaban J connectivity index is 2.01. The Kier molecular flexibility index (Phi) is 5.41. The zero-order valence-corrected chi connectivity index (χ0v) is 13.9. The molecule has 120 valence electrons. The van der Waals surface area contributed by atoms with Crippen molar-refractivity contribution in [2.45, 2.75) is 64.8 Å². The van der Waals surface area contributed by atoms with Gasteiger partial charge in [-0.25, -0.2) is 0 Å². The summed E-state index contributed by atoms with van der Waals surface area (Å²) < 4.78 is 8.09. The first-order valence-corrected chi connectivity index (χ1v) is 8.11. The topological polar surface area (TPSA) is 56.3 Å². The molecule has 21 heavy (non-hydrogen) atoms. The number of hydrogen-bond donors (Lipinski definition) is 1. The molecule has 2 heterocycles. The summed E-state index contributed by atoms with van der Waals surface area (Å²) >= 11 is 0. The lowest BCUT2D eigenvalue weighted by atomic mass is 10.0.